The molecule has 0 aromatic carbocycles. The molecule has 1 rings (SSSR count). The van der Waals surface area contributed by atoms with Gasteiger partial charge in [-0.05, 0) is 19.1 Å². The first-order chi connectivity index (χ1) is 8.19. The predicted octanol–water partition coefficient (Wildman–Crippen LogP) is 1.54. The van der Waals surface area contributed by atoms with Crippen molar-refractivity contribution in [2.75, 3.05) is 32.1 Å². The summed E-state index contributed by atoms with van der Waals surface area (Å²) in [4.78, 5) is 15.8. The summed E-state index contributed by atoms with van der Waals surface area (Å²) in [5.74, 6) is 0.302. The Labute approximate surface area is 106 Å². The monoisotopic (exact) mass is 257 g/mol. The van der Waals surface area contributed by atoms with E-state index in [4.69, 9.17) is 16.3 Å². The lowest BCUT2D eigenvalue weighted by atomic mass is 10.3. The number of amides is 1. The van der Waals surface area contributed by atoms with E-state index in [1.54, 1.807) is 19.2 Å². The first-order valence-electron chi connectivity index (χ1n) is 5.39. The van der Waals surface area contributed by atoms with Crippen molar-refractivity contribution in [1.82, 2.24) is 10.3 Å². The zero-order valence-electron chi connectivity index (χ0n) is 9.92. The van der Waals surface area contributed by atoms with Gasteiger partial charge < -0.3 is 15.4 Å². The van der Waals surface area contributed by atoms with E-state index in [-0.39, 0.29) is 11.6 Å². The van der Waals surface area contributed by atoms with Gasteiger partial charge in [-0.3, -0.25) is 4.79 Å². The molecule has 0 radical (unpaired) electrons. The number of hydrogen-bond acceptors (Lipinski definition) is 4. The van der Waals surface area contributed by atoms with Crippen LogP contribution in [-0.4, -0.2) is 37.7 Å². The second-order valence-electron chi connectivity index (χ2n) is 3.23. The maximum atomic E-state index is 11.8. The molecule has 94 valence electrons. The van der Waals surface area contributed by atoms with Gasteiger partial charge in [0.05, 0.1) is 11.6 Å². The number of ether oxygens (including phenoxy) is 1. The molecule has 1 amide bonds. The predicted molar refractivity (Wildman–Crippen MR) is 67.6 cm³/mol. The molecule has 5 nitrogen and oxygen atoms in total. The van der Waals surface area contributed by atoms with Crippen LogP contribution in [0.3, 0.4) is 0 Å². The highest BCUT2D eigenvalue weighted by Gasteiger charge is 2.12. The number of anilines is 1. The Morgan fingerprint density at radius 3 is 2.94 bits per heavy atom. The highest BCUT2D eigenvalue weighted by Crippen LogP contribution is 2.16. The molecule has 0 aliphatic carbocycles. The van der Waals surface area contributed by atoms with Crippen LogP contribution in [-0.2, 0) is 4.74 Å². The Morgan fingerprint density at radius 2 is 2.29 bits per heavy atom. The number of halogens is 1. The fourth-order valence-electron chi connectivity index (χ4n) is 1.21. The van der Waals surface area contributed by atoms with Crippen LogP contribution in [0.1, 0.15) is 17.4 Å². The zero-order chi connectivity index (χ0) is 12.7. The van der Waals surface area contributed by atoms with E-state index in [1.165, 1.54) is 0 Å². The van der Waals surface area contributed by atoms with Gasteiger partial charge in [0.25, 0.3) is 5.91 Å². The number of rotatable bonds is 6. The highest BCUT2D eigenvalue weighted by molar-refractivity contribution is 6.33. The molecule has 0 aliphatic heterocycles. The summed E-state index contributed by atoms with van der Waals surface area (Å²) in [5.41, 5.74) is 0.218. The third-order valence-electron chi connectivity index (χ3n) is 2.05. The smallest absolute Gasteiger partial charge is 0.271 e. The SMILES string of the molecule is CCOCCNC(=O)c1nc(NC)ccc1Cl. The minimum Gasteiger partial charge on any atom is -0.380 e. The summed E-state index contributed by atoms with van der Waals surface area (Å²) in [5, 5.41) is 5.87. The Morgan fingerprint density at radius 1 is 1.53 bits per heavy atom. The average molecular weight is 258 g/mol. The van der Waals surface area contributed by atoms with Crippen molar-refractivity contribution < 1.29 is 9.53 Å². The number of carbonyl (C=O) groups excluding carboxylic acids is 1. The van der Waals surface area contributed by atoms with Crippen LogP contribution in [0, 0.1) is 0 Å². The molecule has 0 fully saturated rings. The van der Waals surface area contributed by atoms with Crippen molar-refractivity contribution in [3.05, 3.63) is 22.8 Å². The van der Waals surface area contributed by atoms with Crippen LogP contribution in [0.25, 0.3) is 0 Å². The first-order valence-corrected chi connectivity index (χ1v) is 5.77. The van der Waals surface area contributed by atoms with Gasteiger partial charge in [-0.1, -0.05) is 11.6 Å². The normalized spacial score (nSPS) is 10.1. The number of hydrogen-bond donors (Lipinski definition) is 2. The number of carbonyl (C=O) groups is 1. The molecule has 0 unspecified atom stereocenters. The molecule has 0 aliphatic rings. The Hall–Kier alpha value is -1.33. The maximum Gasteiger partial charge on any atom is 0.271 e. The van der Waals surface area contributed by atoms with Gasteiger partial charge in [-0.2, -0.15) is 0 Å². The minimum absolute atomic E-state index is 0.218. The van der Waals surface area contributed by atoms with E-state index in [0.29, 0.717) is 30.6 Å². The van der Waals surface area contributed by atoms with Crippen LogP contribution >= 0.6 is 11.6 Å². The van der Waals surface area contributed by atoms with Gasteiger partial charge in [0.2, 0.25) is 0 Å². The van der Waals surface area contributed by atoms with E-state index in [0.717, 1.165) is 0 Å². The zero-order valence-corrected chi connectivity index (χ0v) is 10.7. The van der Waals surface area contributed by atoms with Gasteiger partial charge in [-0.25, -0.2) is 4.98 Å². The van der Waals surface area contributed by atoms with E-state index in [2.05, 4.69) is 15.6 Å². The second kappa shape index (κ2) is 7.09. The molecule has 1 aromatic heterocycles. The Bertz CT molecular complexity index is 385. The topological polar surface area (TPSA) is 63.2 Å². The third-order valence-corrected chi connectivity index (χ3v) is 2.36. The molecule has 17 heavy (non-hydrogen) atoms. The number of pyridine rings is 1. The van der Waals surface area contributed by atoms with Crippen molar-refractivity contribution in [3.8, 4) is 0 Å². The molecular weight excluding hydrogens is 242 g/mol. The van der Waals surface area contributed by atoms with Crippen molar-refractivity contribution in [1.29, 1.82) is 0 Å². The van der Waals surface area contributed by atoms with Crippen LogP contribution in [0.2, 0.25) is 5.02 Å². The van der Waals surface area contributed by atoms with E-state index in [9.17, 15) is 4.79 Å². The first kappa shape index (κ1) is 13.7. The van der Waals surface area contributed by atoms with Crippen molar-refractivity contribution in [2.24, 2.45) is 0 Å². The van der Waals surface area contributed by atoms with Crippen LogP contribution in [0.15, 0.2) is 12.1 Å². The maximum absolute atomic E-state index is 11.8. The number of nitrogens with one attached hydrogen (secondary N) is 2. The average Bonchev–Trinajstić information content (AvgIpc) is 2.35. The Balaban J connectivity index is 2.61. The lowest BCUT2D eigenvalue weighted by Gasteiger charge is -2.07. The Kier molecular flexibility index (Phi) is 5.72. The third kappa shape index (κ3) is 4.20. The molecule has 0 saturated heterocycles. The summed E-state index contributed by atoms with van der Waals surface area (Å²) in [6, 6.07) is 3.34. The summed E-state index contributed by atoms with van der Waals surface area (Å²) in [6.07, 6.45) is 0. The lowest BCUT2D eigenvalue weighted by molar-refractivity contribution is 0.0918. The molecule has 2 N–H and O–H groups in total. The van der Waals surface area contributed by atoms with Crippen LogP contribution < -0.4 is 10.6 Å². The van der Waals surface area contributed by atoms with E-state index in [1.807, 2.05) is 6.92 Å². The highest BCUT2D eigenvalue weighted by atomic mass is 35.5. The molecule has 0 atom stereocenters. The fourth-order valence-corrected chi connectivity index (χ4v) is 1.40. The molecule has 1 aromatic rings. The number of nitrogens with zero attached hydrogens (tertiary/aromatic N) is 1. The van der Waals surface area contributed by atoms with Gasteiger partial charge >= 0.3 is 0 Å². The largest absolute Gasteiger partial charge is 0.380 e. The standard InChI is InChI=1S/C11H16ClN3O2/c1-3-17-7-6-14-11(16)10-8(12)4-5-9(13-2)15-10/h4-5H,3,6-7H2,1-2H3,(H,13,15)(H,14,16). The van der Waals surface area contributed by atoms with Crippen molar-refractivity contribution in [2.45, 2.75) is 6.92 Å². The van der Waals surface area contributed by atoms with E-state index >= 15 is 0 Å². The van der Waals surface area contributed by atoms with Crippen LogP contribution in [0.5, 0.6) is 0 Å². The second-order valence-corrected chi connectivity index (χ2v) is 3.64. The quantitative estimate of drug-likeness (QED) is 0.759. The molecule has 1 heterocycles. The molecular formula is C11H16ClN3O2. The van der Waals surface area contributed by atoms with Gasteiger partial charge in [0.15, 0.2) is 0 Å². The molecule has 0 bridgehead atoms. The van der Waals surface area contributed by atoms with Crippen molar-refractivity contribution >= 4 is 23.3 Å². The summed E-state index contributed by atoms with van der Waals surface area (Å²) < 4.78 is 5.11. The summed E-state index contributed by atoms with van der Waals surface area (Å²) >= 11 is 5.91. The summed E-state index contributed by atoms with van der Waals surface area (Å²) in [7, 11) is 1.73. The van der Waals surface area contributed by atoms with Crippen molar-refractivity contribution in [3.63, 3.8) is 0 Å². The van der Waals surface area contributed by atoms with Gasteiger partial charge in [-0.15, -0.1) is 0 Å². The van der Waals surface area contributed by atoms with Gasteiger partial charge in [0.1, 0.15) is 11.5 Å². The molecule has 0 saturated carbocycles. The summed E-state index contributed by atoms with van der Waals surface area (Å²) in [6.45, 7) is 3.45. The minimum atomic E-state index is -0.299. The van der Waals surface area contributed by atoms with E-state index < -0.39 is 0 Å². The lowest BCUT2D eigenvalue weighted by Crippen LogP contribution is -2.28. The fraction of sp³-hybridized carbons (Fsp3) is 0.455. The number of aromatic nitrogens is 1. The molecule has 6 heteroatoms. The molecule has 0 spiro atoms. The van der Waals surface area contributed by atoms with Crippen LogP contribution in [0.4, 0.5) is 5.82 Å². The van der Waals surface area contributed by atoms with Gasteiger partial charge in [0, 0.05) is 20.2 Å².